The van der Waals surface area contributed by atoms with Crippen molar-refractivity contribution in [2.45, 2.75) is 12.8 Å². The van der Waals surface area contributed by atoms with Gasteiger partial charge in [-0.05, 0) is 48.1 Å². The van der Waals surface area contributed by atoms with Gasteiger partial charge in [-0.1, -0.05) is 0 Å². The molecule has 0 aliphatic heterocycles. The molecule has 4 aromatic rings. The van der Waals surface area contributed by atoms with Gasteiger partial charge in [-0.3, -0.25) is 4.98 Å². The lowest BCUT2D eigenvalue weighted by Gasteiger charge is -2.06. The Morgan fingerprint density at radius 2 is 2.00 bits per heavy atom. The van der Waals surface area contributed by atoms with E-state index >= 15 is 0 Å². The van der Waals surface area contributed by atoms with Crippen LogP contribution in [-0.4, -0.2) is 26.2 Å². The fourth-order valence-corrected chi connectivity index (χ4v) is 3.19. The van der Waals surface area contributed by atoms with E-state index in [1.54, 1.807) is 11.3 Å². The lowest BCUT2D eigenvalue weighted by atomic mass is 10.1. The molecule has 5 nitrogen and oxygen atoms in total. The number of hydrogen-bond donors (Lipinski definition) is 0. The van der Waals surface area contributed by atoms with E-state index in [0.717, 1.165) is 29.7 Å². The molecular formula is C18H16N4OS. The lowest BCUT2D eigenvalue weighted by molar-refractivity contribution is 0.295. The molecule has 0 aliphatic carbocycles. The van der Waals surface area contributed by atoms with Crippen molar-refractivity contribution in [3.05, 3.63) is 65.2 Å². The van der Waals surface area contributed by atoms with Crippen LogP contribution in [0.1, 0.15) is 12.0 Å². The first-order valence-corrected chi connectivity index (χ1v) is 8.73. The maximum absolute atomic E-state index is 5.80. The first kappa shape index (κ1) is 14.8. The largest absolute Gasteiger partial charge is 0.477 e. The third kappa shape index (κ3) is 3.14. The molecule has 0 fully saturated rings. The minimum absolute atomic E-state index is 0.617. The standard InChI is InChI=1S/C18H16N4OS/c1(2-14-5-8-19-9-6-14)10-23-18-4-3-17-20-12-16(22(17)21-18)15-7-11-24-13-15/h3-9,11-13H,1-2,10H2. The van der Waals surface area contributed by atoms with Crippen LogP contribution in [0.2, 0.25) is 0 Å². The van der Waals surface area contributed by atoms with Crippen molar-refractivity contribution in [3.63, 3.8) is 0 Å². The minimum atomic E-state index is 0.617. The quantitative estimate of drug-likeness (QED) is 0.502. The smallest absolute Gasteiger partial charge is 0.231 e. The molecule has 6 heteroatoms. The maximum atomic E-state index is 5.80. The normalized spacial score (nSPS) is 11.0. The Morgan fingerprint density at radius 3 is 2.83 bits per heavy atom. The van der Waals surface area contributed by atoms with Gasteiger partial charge in [0.25, 0.3) is 0 Å². The number of thiophene rings is 1. The fourth-order valence-electron chi connectivity index (χ4n) is 2.54. The summed E-state index contributed by atoms with van der Waals surface area (Å²) in [5.41, 5.74) is 4.19. The second-order valence-electron chi connectivity index (χ2n) is 5.40. The number of imidazole rings is 1. The van der Waals surface area contributed by atoms with E-state index in [1.165, 1.54) is 5.56 Å². The first-order chi connectivity index (χ1) is 11.9. The SMILES string of the molecule is c1cc(CCCOc2ccc3ncc(-c4ccsc4)n3n2)ccn1. The summed E-state index contributed by atoms with van der Waals surface area (Å²) < 4.78 is 7.64. The summed E-state index contributed by atoms with van der Waals surface area (Å²) >= 11 is 1.66. The van der Waals surface area contributed by atoms with Gasteiger partial charge >= 0.3 is 0 Å². The summed E-state index contributed by atoms with van der Waals surface area (Å²) in [4.78, 5) is 8.42. The summed E-state index contributed by atoms with van der Waals surface area (Å²) in [7, 11) is 0. The Balaban J connectivity index is 1.44. The van der Waals surface area contributed by atoms with Crippen LogP contribution in [0.3, 0.4) is 0 Å². The molecule has 4 aromatic heterocycles. The Kier molecular flexibility index (Phi) is 4.20. The van der Waals surface area contributed by atoms with E-state index in [4.69, 9.17) is 4.74 Å². The summed E-state index contributed by atoms with van der Waals surface area (Å²) in [6.45, 7) is 0.628. The van der Waals surface area contributed by atoms with Gasteiger partial charge < -0.3 is 4.74 Å². The van der Waals surface area contributed by atoms with Gasteiger partial charge in [-0.25, -0.2) is 9.50 Å². The molecule has 24 heavy (non-hydrogen) atoms. The van der Waals surface area contributed by atoms with Gasteiger partial charge in [0.2, 0.25) is 5.88 Å². The van der Waals surface area contributed by atoms with E-state index in [1.807, 2.05) is 52.8 Å². The van der Waals surface area contributed by atoms with Crippen LogP contribution in [0.15, 0.2) is 59.7 Å². The Bertz CT molecular complexity index is 919. The van der Waals surface area contributed by atoms with E-state index in [9.17, 15) is 0 Å². The van der Waals surface area contributed by atoms with Gasteiger partial charge in [-0.15, -0.1) is 5.10 Å². The highest BCUT2D eigenvalue weighted by molar-refractivity contribution is 7.08. The third-order valence-electron chi connectivity index (χ3n) is 3.76. The van der Waals surface area contributed by atoms with E-state index in [0.29, 0.717) is 12.5 Å². The zero-order chi connectivity index (χ0) is 16.2. The molecule has 0 atom stereocenters. The Labute approximate surface area is 143 Å². The molecule has 120 valence electrons. The molecule has 0 unspecified atom stereocenters. The topological polar surface area (TPSA) is 52.3 Å². The predicted molar refractivity (Wildman–Crippen MR) is 94.4 cm³/mol. The number of ether oxygens (including phenoxy) is 1. The van der Waals surface area contributed by atoms with Gasteiger partial charge in [0.15, 0.2) is 5.65 Å². The molecule has 0 aliphatic rings. The number of rotatable bonds is 6. The molecule has 0 saturated carbocycles. The van der Waals surface area contributed by atoms with E-state index in [-0.39, 0.29) is 0 Å². The molecule has 4 rings (SSSR count). The van der Waals surface area contributed by atoms with Crippen LogP contribution in [0.4, 0.5) is 0 Å². The molecule has 0 spiro atoms. The van der Waals surface area contributed by atoms with Crippen LogP contribution in [0, 0.1) is 0 Å². The van der Waals surface area contributed by atoms with Crippen molar-refractivity contribution in [2.24, 2.45) is 0 Å². The number of pyridine rings is 1. The van der Waals surface area contributed by atoms with Crippen molar-refractivity contribution in [3.8, 4) is 17.1 Å². The number of fused-ring (bicyclic) bond motifs is 1. The van der Waals surface area contributed by atoms with E-state index < -0.39 is 0 Å². The third-order valence-corrected chi connectivity index (χ3v) is 4.45. The van der Waals surface area contributed by atoms with Gasteiger partial charge in [0.05, 0.1) is 18.5 Å². The first-order valence-electron chi connectivity index (χ1n) is 7.79. The van der Waals surface area contributed by atoms with Crippen LogP contribution in [0.25, 0.3) is 16.9 Å². The monoisotopic (exact) mass is 336 g/mol. The zero-order valence-electron chi connectivity index (χ0n) is 13.0. The molecule has 0 saturated heterocycles. The molecule has 0 N–H and O–H groups in total. The average molecular weight is 336 g/mol. The highest BCUT2D eigenvalue weighted by Crippen LogP contribution is 2.23. The van der Waals surface area contributed by atoms with Crippen LogP contribution in [-0.2, 0) is 6.42 Å². The van der Waals surface area contributed by atoms with Crippen LogP contribution < -0.4 is 4.74 Å². The van der Waals surface area contributed by atoms with Crippen LogP contribution in [0.5, 0.6) is 5.88 Å². The molecule has 0 radical (unpaired) electrons. The van der Waals surface area contributed by atoms with E-state index in [2.05, 4.69) is 26.5 Å². The van der Waals surface area contributed by atoms with Crippen molar-refractivity contribution in [1.82, 2.24) is 19.6 Å². The second-order valence-corrected chi connectivity index (χ2v) is 6.18. The van der Waals surface area contributed by atoms with Gasteiger partial charge in [0, 0.05) is 29.4 Å². The number of hydrogen-bond acceptors (Lipinski definition) is 5. The maximum Gasteiger partial charge on any atom is 0.231 e. The summed E-state index contributed by atoms with van der Waals surface area (Å²) in [6, 6.07) is 9.93. The van der Waals surface area contributed by atoms with Crippen molar-refractivity contribution >= 4 is 17.0 Å². The molecule has 0 bridgehead atoms. The average Bonchev–Trinajstić information content (AvgIpc) is 3.28. The van der Waals surface area contributed by atoms with Crippen molar-refractivity contribution < 1.29 is 4.74 Å². The zero-order valence-corrected chi connectivity index (χ0v) is 13.8. The molecule has 0 amide bonds. The molecule has 4 heterocycles. The number of aryl methyl sites for hydroxylation is 1. The highest BCUT2D eigenvalue weighted by atomic mass is 32.1. The fraction of sp³-hybridized carbons (Fsp3) is 0.167. The Morgan fingerprint density at radius 1 is 1.08 bits per heavy atom. The Hall–Kier alpha value is -2.73. The molecular weight excluding hydrogens is 320 g/mol. The lowest BCUT2D eigenvalue weighted by Crippen LogP contribution is -2.03. The predicted octanol–water partition coefficient (Wildman–Crippen LogP) is 3.86. The van der Waals surface area contributed by atoms with Gasteiger partial charge in [0.1, 0.15) is 0 Å². The summed E-state index contributed by atoms with van der Waals surface area (Å²) in [5, 5.41) is 8.70. The highest BCUT2D eigenvalue weighted by Gasteiger charge is 2.08. The summed E-state index contributed by atoms with van der Waals surface area (Å²) in [6.07, 6.45) is 7.38. The number of aromatic nitrogens is 4. The van der Waals surface area contributed by atoms with Crippen molar-refractivity contribution in [1.29, 1.82) is 0 Å². The summed E-state index contributed by atoms with van der Waals surface area (Å²) in [5.74, 6) is 0.617. The van der Waals surface area contributed by atoms with Gasteiger partial charge in [-0.2, -0.15) is 11.3 Å². The molecule has 0 aromatic carbocycles. The second kappa shape index (κ2) is 6.80. The minimum Gasteiger partial charge on any atom is -0.477 e. The van der Waals surface area contributed by atoms with Crippen molar-refractivity contribution in [2.75, 3.05) is 6.61 Å². The number of nitrogens with zero attached hydrogens (tertiary/aromatic N) is 4. The van der Waals surface area contributed by atoms with Crippen LogP contribution >= 0.6 is 11.3 Å².